The van der Waals surface area contributed by atoms with E-state index in [1.165, 1.54) is 9.80 Å². The molecule has 8 heteroatoms. The molecule has 0 aromatic heterocycles. The molecule has 1 fully saturated rings. The zero-order chi connectivity index (χ0) is 17.7. The highest BCUT2D eigenvalue weighted by atomic mass is 16.4. The van der Waals surface area contributed by atoms with Gasteiger partial charge in [-0.1, -0.05) is 18.2 Å². The van der Waals surface area contributed by atoms with Gasteiger partial charge in [0, 0.05) is 25.3 Å². The lowest BCUT2D eigenvalue weighted by molar-refractivity contribution is -0.156. The third kappa shape index (κ3) is 4.09. The lowest BCUT2D eigenvalue weighted by atomic mass is 10.1. The molecule has 1 aliphatic rings. The zero-order valence-electron chi connectivity index (χ0n) is 13.3. The molecule has 0 aliphatic carbocycles. The van der Waals surface area contributed by atoms with Gasteiger partial charge in [-0.05, 0) is 18.6 Å². The van der Waals surface area contributed by atoms with Crippen molar-refractivity contribution in [2.24, 2.45) is 0 Å². The number of hydrogen-bond donors (Lipinski definition) is 2. The molecule has 3 amide bonds. The smallest absolute Gasteiger partial charge is 0.312 e. The standard InChI is InChI=1S/C16H19N3O5/c1-2-18-7-8-19(16(24)15(18)23)10-13(20)17-12-6-4-3-5-11(12)9-14(21)22/h3-6H,2,7-10H2,1H3,(H,17,20)(H,21,22). The minimum atomic E-state index is -1.01. The maximum absolute atomic E-state index is 12.1. The molecular formula is C16H19N3O5. The second-order valence-electron chi connectivity index (χ2n) is 5.39. The van der Waals surface area contributed by atoms with E-state index in [1.54, 1.807) is 31.2 Å². The maximum Gasteiger partial charge on any atom is 0.312 e. The first-order chi connectivity index (χ1) is 11.4. The van der Waals surface area contributed by atoms with E-state index < -0.39 is 23.7 Å². The number of nitrogens with zero attached hydrogens (tertiary/aromatic N) is 2. The fourth-order valence-corrected chi connectivity index (χ4v) is 2.49. The van der Waals surface area contributed by atoms with Gasteiger partial charge < -0.3 is 20.2 Å². The highest BCUT2D eigenvalue weighted by Crippen LogP contribution is 2.16. The molecule has 8 nitrogen and oxygen atoms in total. The number of amides is 3. The van der Waals surface area contributed by atoms with Crippen LogP contribution in [-0.4, -0.2) is 64.8 Å². The number of nitrogens with one attached hydrogen (secondary N) is 1. The number of carboxylic acid groups (broad SMARTS) is 1. The van der Waals surface area contributed by atoms with Crippen molar-refractivity contribution in [1.29, 1.82) is 0 Å². The Morgan fingerprint density at radius 1 is 1.12 bits per heavy atom. The largest absolute Gasteiger partial charge is 0.481 e. The van der Waals surface area contributed by atoms with Crippen molar-refractivity contribution in [3.63, 3.8) is 0 Å². The molecular weight excluding hydrogens is 314 g/mol. The summed E-state index contributed by atoms with van der Waals surface area (Å²) in [5.74, 6) is -2.79. The first-order valence-electron chi connectivity index (χ1n) is 7.60. The van der Waals surface area contributed by atoms with Crippen LogP contribution in [0.1, 0.15) is 12.5 Å². The van der Waals surface area contributed by atoms with Crippen LogP contribution < -0.4 is 5.32 Å². The van der Waals surface area contributed by atoms with Crippen molar-refractivity contribution in [2.45, 2.75) is 13.3 Å². The van der Waals surface area contributed by atoms with E-state index in [0.29, 0.717) is 30.9 Å². The molecule has 0 spiro atoms. The summed E-state index contributed by atoms with van der Waals surface area (Å²) < 4.78 is 0. The van der Waals surface area contributed by atoms with Gasteiger partial charge in [0.2, 0.25) is 5.91 Å². The van der Waals surface area contributed by atoms with Gasteiger partial charge in [-0.2, -0.15) is 0 Å². The Labute approximate surface area is 139 Å². The minimum Gasteiger partial charge on any atom is -0.481 e. The predicted molar refractivity (Wildman–Crippen MR) is 85.2 cm³/mol. The molecule has 0 saturated carbocycles. The number of carbonyl (C=O) groups is 4. The van der Waals surface area contributed by atoms with Crippen LogP contribution in [0.3, 0.4) is 0 Å². The normalized spacial score (nSPS) is 14.7. The van der Waals surface area contributed by atoms with Crippen LogP contribution in [0.2, 0.25) is 0 Å². The van der Waals surface area contributed by atoms with Crippen molar-refractivity contribution in [2.75, 3.05) is 31.5 Å². The van der Waals surface area contributed by atoms with Gasteiger partial charge in [0.1, 0.15) is 6.54 Å². The Bertz CT molecular complexity index is 673. The van der Waals surface area contributed by atoms with Gasteiger partial charge in [0.15, 0.2) is 0 Å². The number of rotatable bonds is 6. The third-order valence-electron chi connectivity index (χ3n) is 3.75. The first kappa shape index (κ1) is 17.5. The lowest BCUT2D eigenvalue weighted by Gasteiger charge is -2.32. The third-order valence-corrected chi connectivity index (χ3v) is 3.75. The zero-order valence-corrected chi connectivity index (χ0v) is 13.3. The topological polar surface area (TPSA) is 107 Å². The summed E-state index contributed by atoms with van der Waals surface area (Å²) in [6.45, 7) is 2.68. The number of aliphatic carboxylic acids is 1. The van der Waals surface area contributed by atoms with Crippen LogP contribution in [0.5, 0.6) is 0 Å². The van der Waals surface area contributed by atoms with Crippen LogP contribution in [0.4, 0.5) is 5.69 Å². The SMILES string of the molecule is CCN1CCN(CC(=O)Nc2ccccc2CC(=O)O)C(=O)C1=O. The molecule has 0 radical (unpaired) electrons. The summed E-state index contributed by atoms with van der Waals surface area (Å²) in [5.41, 5.74) is 0.854. The minimum absolute atomic E-state index is 0.219. The molecule has 1 aromatic carbocycles. The number of hydrogen-bond acceptors (Lipinski definition) is 4. The molecule has 2 N–H and O–H groups in total. The number of anilines is 1. The first-order valence-corrected chi connectivity index (χ1v) is 7.60. The Hall–Kier alpha value is -2.90. The summed E-state index contributed by atoms with van der Waals surface area (Å²) >= 11 is 0. The van der Waals surface area contributed by atoms with Gasteiger partial charge in [0.05, 0.1) is 6.42 Å². The van der Waals surface area contributed by atoms with Gasteiger partial charge in [-0.3, -0.25) is 19.2 Å². The van der Waals surface area contributed by atoms with Gasteiger partial charge in [-0.25, -0.2) is 0 Å². The maximum atomic E-state index is 12.1. The highest BCUT2D eigenvalue weighted by Gasteiger charge is 2.32. The number of carbonyl (C=O) groups excluding carboxylic acids is 3. The van der Waals surface area contributed by atoms with Crippen molar-refractivity contribution in [1.82, 2.24) is 9.80 Å². The second-order valence-corrected chi connectivity index (χ2v) is 5.39. The summed E-state index contributed by atoms with van der Waals surface area (Å²) in [6.07, 6.45) is -0.219. The fourth-order valence-electron chi connectivity index (χ4n) is 2.49. The van der Waals surface area contributed by atoms with Crippen LogP contribution in [0.15, 0.2) is 24.3 Å². The molecule has 0 unspecified atom stereocenters. The average molecular weight is 333 g/mol. The van der Waals surface area contributed by atoms with Gasteiger partial charge in [0.25, 0.3) is 0 Å². The van der Waals surface area contributed by atoms with Gasteiger partial charge in [-0.15, -0.1) is 0 Å². The Kier molecular flexibility index (Phi) is 5.51. The molecule has 1 aliphatic heterocycles. The van der Waals surface area contributed by atoms with Gasteiger partial charge >= 0.3 is 17.8 Å². The molecule has 1 heterocycles. The Morgan fingerprint density at radius 3 is 2.42 bits per heavy atom. The number of carboxylic acids is 1. The molecule has 0 atom stereocenters. The van der Waals surface area contributed by atoms with Crippen LogP contribution >= 0.6 is 0 Å². The predicted octanol–water partition coefficient (Wildman–Crippen LogP) is -0.0571. The molecule has 1 aromatic rings. The molecule has 2 rings (SSSR count). The van der Waals surface area contributed by atoms with E-state index >= 15 is 0 Å². The van der Waals surface area contributed by atoms with Crippen LogP contribution in [-0.2, 0) is 25.6 Å². The molecule has 1 saturated heterocycles. The number of benzene rings is 1. The van der Waals surface area contributed by atoms with E-state index in [4.69, 9.17) is 5.11 Å². The molecule has 128 valence electrons. The van der Waals surface area contributed by atoms with Crippen LogP contribution in [0, 0.1) is 0 Å². The Balaban J connectivity index is 2.00. The summed E-state index contributed by atoms with van der Waals surface area (Å²) in [6, 6.07) is 6.56. The molecule has 24 heavy (non-hydrogen) atoms. The van der Waals surface area contributed by atoms with Crippen molar-refractivity contribution < 1.29 is 24.3 Å². The van der Waals surface area contributed by atoms with E-state index in [0.717, 1.165) is 0 Å². The summed E-state index contributed by atoms with van der Waals surface area (Å²) in [4.78, 5) is 49.4. The molecule has 0 bridgehead atoms. The lowest BCUT2D eigenvalue weighted by Crippen LogP contribution is -2.55. The van der Waals surface area contributed by atoms with Crippen LogP contribution in [0.25, 0.3) is 0 Å². The number of likely N-dealkylation sites (N-methyl/N-ethyl adjacent to an activating group) is 1. The van der Waals surface area contributed by atoms with Crippen molar-refractivity contribution in [3.8, 4) is 0 Å². The average Bonchev–Trinajstić information content (AvgIpc) is 2.53. The van der Waals surface area contributed by atoms with E-state index in [-0.39, 0.29) is 13.0 Å². The van der Waals surface area contributed by atoms with E-state index in [9.17, 15) is 19.2 Å². The van der Waals surface area contributed by atoms with E-state index in [1.807, 2.05) is 0 Å². The Morgan fingerprint density at radius 2 is 1.75 bits per heavy atom. The number of piperazine rings is 1. The summed E-state index contributed by atoms with van der Waals surface area (Å²) in [5, 5.41) is 11.5. The highest BCUT2D eigenvalue weighted by molar-refractivity contribution is 6.35. The van der Waals surface area contributed by atoms with Crippen molar-refractivity contribution >= 4 is 29.4 Å². The summed E-state index contributed by atoms with van der Waals surface area (Å²) in [7, 11) is 0. The number of para-hydroxylation sites is 1. The fraction of sp³-hybridized carbons (Fsp3) is 0.375. The quantitative estimate of drug-likeness (QED) is 0.710. The van der Waals surface area contributed by atoms with E-state index in [2.05, 4.69) is 5.32 Å². The second kappa shape index (κ2) is 7.58. The monoisotopic (exact) mass is 333 g/mol. The van der Waals surface area contributed by atoms with Crippen molar-refractivity contribution in [3.05, 3.63) is 29.8 Å².